The number of hydrogen-bond acceptors (Lipinski definition) is 5. The first-order valence-electron chi connectivity index (χ1n) is 6.34. The van der Waals surface area contributed by atoms with Crippen LogP contribution in [0.4, 0.5) is 17.1 Å². The highest BCUT2D eigenvalue weighted by molar-refractivity contribution is 6.31. The van der Waals surface area contributed by atoms with Gasteiger partial charge in [-0.15, -0.1) is 0 Å². The topological polar surface area (TPSA) is 115 Å². The summed E-state index contributed by atoms with van der Waals surface area (Å²) in [5, 5.41) is 24.1. The van der Waals surface area contributed by atoms with Crippen molar-refractivity contribution in [1.29, 1.82) is 0 Å². The molecule has 1 N–H and O–H groups in total. The van der Waals surface area contributed by atoms with E-state index in [-0.39, 0.29) is 28.5 Å². The fourth-order valence-corrected chi connectivity index (χ4v) is 2.04. The Morgan fingerprint density at radius 2 is 1.70 bits per heavy atom. The lowest BCUT2D eigenvalue weighted by Crippen LogP contribution is -2.15. The predicted molar refractivity (Wildman–Crippen MR) is 83.5 cm³/mol. The van der Waals surface area contributed by atoms with Gasteiger partial charge in [-0.25, -0.2) is 0 Å². The summed E-state index contributed by atoms with van der Waals surface area (Å²) in [6, 6.07) is 9.38. The van der Waals surface area contributed by atoms with Crippen molar-refractivity contribution in [2.45, 2.75) is 6.42 Å². The van der Waals surface area contributed by atoms with Crippen LogP contribution < -0.4 is 5.32 Å². The second kappa shape index (κ2) is 6.84. The third-order valence-corrected chi connectivity index (χ3v) is 3.18. The van der Waals surface area contributed by atoms with Crippen LogP contribution in [0.5, 0.6) is 0 Å². The Balaban J connectivity index is 2.11. The Hall–Kier alpha value is -3.00. The molecule has 0 aliphatic carbocycles. The van der Waals surface area contributed by atoms with Gasteiger partial charge in [0.25, 0.3) is 11.4 Å². The molecule has 0 aromatic heterocycles. The minimum atomic E-state index is -0.645. The number of benzene rings is 2. The van der Waals surface area contributed by atoms with E-state index in [4.69, 9.17) is 11.6 Å². The molecule has 2 aromatic carbocycles. The van der Waals surface area contributed by atoms with E-state index >= 15 is 0 Å². The molecule has 0 aliphatic rings. The molecule has 8 nitrogen and oxygen atoms in total. The molecule has 2 aromatic rings. The maximum Gasteiger partial charge on any atom is 0.294 e. The van der Waals surface area contributed by atoms with E-state index in [1.807, 2.05) is 0 Å². The number of nitro groups is 2. The lowest BCUT2D eigenvalue weighted by atomic mass is 10.1. The predicted octanol–water partition coefficient (Wildman–Crippen LogP) is 3.34. The molecule has 0 saturated carbocycles. The molecule has 0 heterocycles. The molecule has 2 rings (SSSR count). The zero-order valence-corrected chi connectivity index (χ0v) is 12.3. The van der Waals surface area contributed by atoms with Crippen molar-refractivity contribution in [3.05, 3.63) is 73.3 Å². The van der Waals surface area contributed by atoms with Gasteiger partial charge in [-0.05, 0) is 17.7 Å². The number of carbonyl (C=O) groups is 1. The van der Waals surface area contributed by atoms with Crippen molar-refractivity contribution >= 4 is 34.6 Å². The minimum absolute atomic E-state index is 0.0336. The van der Waals surface area contributed by atoms with Crippen LogP contribution in [-0.4, -0.2) is 15.8 Å². The molecule has 23 heavy (non-hydrogen) atoms. The second-order valence-corrected chi connectivity index (χ2v) is 5.00. The van der Waals surface area contributed by atoms with Crippen LogP contribution in [0.3, 0.4) is 0 Å². The highest BCUT2D eigenvalue weighted by Gasteiger charge is 2.16. The van der Waals surface area contributed by atoms with E-state index in [0.717, 1.165) is 6.07 Å². The average molecular weight is 336 g/mol. The number of hydrogen-bond donors (Lipinski definition) is 1. The van der Waals surface area contributed by atoms with Crippen LogP contribution in [0, 0.1) is 20.2 Å². The molecular formula is C14H10ClN3O5. The van der Waals surface area contributed by atoms with E-state index in [1.54, 1.807) is 0 Å². The summed E-state index contributed by atoms with van der Waals surface area (Å²) in [5.41, 5.74) is 0.188. The number of nitrogens with zero attached hydrogens (tertiary/aromatic N) is 2. The van der Waals surface area contributed by atoms with Crippen LogP contribution in [0.1, 0.15) is 5.56 Å². The third kappa shape index (κ3) is 4.24. The number of halogens is 1. The third-order valence-electron chi connectivity index (χ3n) is 2.94. The van der Waals surface area contributed by atoms with E-state index in [1.165, 1.54) is 36.4 Å². The van der Waals surface area contributed by atoms with Crippen LogP contribution in [0.25, 0.3) is 0 Å². The first kappa shape index (κ1) is 16.4. The zero-order valence-electron chi connectivity index (χ0n) is 11.6. The number of rotatable bonds is 5. The van der Waals surface area contributed by atoms with Gasteiger partial charge in [0.05, 0.1) is 16.3 Å². The summed E-state index contributed by atoms with van der Waals surface area (Å²) in [6.45, 7) is 0. The Kier molecular flexibility index (Phi) is 4.87. The molecule has 0 atom stereocenters. The highest BCUT2D eigenvalue weighted by Crippen LogP contribution is 2.27. The van der Waals surface area contributed by atoms with E-state index in [9.17, 15) is 25.0 Å². The van der Waals surface area contributed by atoms with Gasteiger partial charge < -0.3 is 5.32 Å². The molecule has 0 bridgehead atoms. The van der Waals surface area contributed by atoms with Crippen LogP contribution in [0.15, 0.2) is 42.5 Å². The smallest absolute Gasteiger partial charge is 0.294 e. The lowest BCUT2D eigenvalue weighted by molar-refractivity contribution is -0.384. The number of nitro benzene ring substituents is 2. The van der Waals surface area contributed by atoms with Crippen molar-refractivity contribution in [3.8, 4) is 0 Å². The van der Waals surface area contributed by atoms with E-state index in [0.29, 0.717) is 5.56 Å². The fraction of sp³-hybridized carbons (Fsp3) is 0.0714. The standard InChI is InChI=1S/C14H10ClN3O5/c15-10-3-6-12(13(8-10)18(22)23)16-14(19)7-9-1-4-11(5-2-9)17(20)21/h1-6,8H,7H2,(H,16,19). The largest absolute Gasteiger partial charge is 0.320 e. The molecule has 1 amide bonds. The molecule has 118 valence electrons. The maximum atomic E-state index is 12.0. The Morgan fingerprint density at radius 3 is 2.26 bits per heavy atom. The van der Waals surface area contributed by atoms with Crippen molar-refractivity contribution in [1.82, 2.24) is 0 Å². The van der Waals surface area contributed by atoms with Crippen molar-refractivity contribution in [3.63, 3.8) is 0 Å². The van der Waals surface area contributed by atoms with Gasteiger partial charge >= 0.3 is 0 Å². The molecule has 0 saturated heterocycles. The normalized spacial score (nSPS) is 10.1. The van der Waals surface area contributed by atoms with Gasteiger partial charge in [-0.2, -0.15) is 0 Å². The molecule has 0 aliphatic heterocycles. The molecular weight excluding hydrogens is 326 g/mol. The molecule has 0 unspecified atom stereocenters. The van der Waals surface area contributed by atoms with Crippen molar-refractivity contribution in [2.24, 2.45) is 0 Å². The monoisotopic (exact) mass is 335 g/mol. The van der Waals surface area contributed by atoms with Crippen molar-refractivity contribution < 1.29 is 14.6 Å². The number of carbonyl (C=O) groups excluding carboxylic acids is 1. The number of nitrogens with one attached hydrogen (secondary N) is 1. The van der Waals surface area contributed by atoms with E-state index in [2.05, 4.69) is 5.32 Å². The summed E-state index contributed by atoms with van der Waals surface area (Å²) in [6.07, 6.45) is -0.0717. The van der Waals surface area contributed by atoms with Crippen LogP contribution in [0.2, 0.25) is 5.02 Å². The number of non-ortho nitro benzene ring substituents is 1. The summed E-state index contributed by atoms with van der Waals surface area (Å²) in [7, 11) is 0. The van der Waals surface area contributed by atoms with Gasteiger partial charge in [0.1, 0.15) is 5.69 Å². The van der Waals surface area contributed by atoms with Gasteiger partial charge in [0.2, 0.25) is 5.91 Å². The van der Waals surface area contributed by atoms with Crippen LogP contribution >= 0.6 is 11.6 Å². The van der Waals surface area contributed by atoms with Crippen molar-refractivity contribution in [2.75, 3.05) is 5.32 Å². The van der Waals surface area contributed by atoms with Gasteiger partial charge in [0, 0.05) is 23.2 Å². The lowest BCUT2D eigenvalue weighted by Gasteiger charge is -2.06. The van der Waals surface area contributed by atoms with E-state index < -0.39 is 15.8 Å². The van der Waals surface area contributed by atoms with Crippen LogP contribution in [-0.2, 0) is 11.2 Å². The second-order valence-electron chi connectivity index (χ2n) is 4.57. The summed E-state index contributed by atoms with van der Waals surface area (Å²) < 4.78 is 0. The molecule has 9 heteroatoms. The fourth-order valence-electron chi connectivity index (χ4n) is 1.88. The molecule has 0 spiro atoms. The quantitative estimate of drug-likeness (QED) is 0.664. The Morgan fingerprint density at radius 1 is 1.04 bits per heavy atom. The maximum absolute atomic E-state index is 12.0. The average Bonchev–Trinajstić information content (AvgIpc) is 2.49. The summed E-state index contributed by atoms with van der Waals surface area (Å²) in [4.78, 5) is 32.3. The SMILES string of the molecule is O=C(Cc1ccc([N+](=O)[O-])cc1)Nc1ccc(Cl)cc1[N+](=O)[O-]. The van der Waals surface area contributed by atoms with Gasteiger partial charge in [-0.3, -0.25) is 25.0 Å². The van der Waals surface area contributed by atoms with Gasteiger partial charge in [0.15, 0.2) is 0 Å². The molecule has 0 fully saturated rings. The minimum Gasteiger partial charge on any atom is -0.320 e. The Bertz CT molecular complexity index is 776. The zero-order chi connectivity index (χ0) is 17.0. The first-order chi connectivity index (χ1) is 10.9. The highest BCUT2D eigenvalue weighted by atomic mass is 35.5. The Labute approximate surface area is 135 Å². The number of amides is 1. The summed E-state index contributed by atoms with van der Waals surface area (Å²) in [5.74, 6) is -0.482. The summed E-state index contributed by atoms with van der Waals surface area (Å²) >= 11 is 5.70. The first-order valence-corrected chi connectivity index (χ1v) is 6.72. The van der Waals surface area contributed by atoms with Gasteiger partial charge in [-0.1, -0.05) is 23.7 Å². The molecule has 0 radical (unpaired) electrons. The number of anilines is 1.